The van der Waals surface area contributed by atoms with Gasteiger partial charge in [0, 0.05) is 23.6 Å². The van der Waals surface area contributed by atoms with E-state index in [0.717, 1.165) is 57.8 Å². The van der Waals surface area contributed by atoms with Gasteiger partial charge in [-0.25, -0.2) is 4.79 Å². The van der Waals surface area contributed by atoms with Crippen molar-refractivity contribution in [2.75, 3.05) is 0 Å². The third kappa shape index (κ3) is 5.02. The van der Waals surface area contributed by atoms with Crippen molar-refractivity contribution in [1.29, 1.82) is 0 Å². The van der Waals surface area contributed by atoms with Gasteiger partial charge in [-0.05, 0) is 123 Å². The molecule has 0 aliphatic heterocycles. The van der Waals surface area contributed by atoms with Crippen LogP contribution in [0.2, 0.25) is 0 Å². The Labute approximate surface area is 253 Å². The third-order valence-electron chi connectivity index (χ3n) is 13.2. The fourth-order valence-corrected chi connectivity index (χ4v) is 11.1. The quantitative estimate of drug-likeness (QED) is 0.332. The zero-order valence-corrected chi connectivity index (χ0v) is 26.4. The summed E-state index contributed by atoms with van der Waals surface area (Å²) in [4.78, 5) is 28.7. The summed E-state index contributed by atoms with van der Waals surface area (Å²) in [6.45, 7) is 7.12. The highest BCUT2D eigenvalue weighted by Crippen LogP contribution is 2.67. The van der Waals surface area contributed by atoms with Crippen molar-refractivity contribution in [3.05, 3.63) is 23.3 Å². The first kappa shape index (κ1) is 29.4. The molecule has 0 saturated heterocycles. The lowest BCUT2D eigenvalue weighted by molar-refractivity contribution is -0.140. The van der Waals surface area contributed by atoms with Gasteiger partial charge in [-0.2, -0.15) is 0 Å². The van der Waals surface area contributed by atoms with E-state index in [1.165, 1.54) is 44.1 Å². The third-order valence-corrected chi connectivity index (χ3v) is 13.5. The predicted octanol–water partition coefficient (Wildman–Crippen LogP) is 7.80. The minimum Gasteiger partial charge on any atom is -0.478 e. The van der Waals surface area contributed by atoms with Gasteiger partial charge >= 0.3 is 5.97 Å². The average molecular weight is 581 g/mol. The van der Waals surface area contributed by atoms with Crippen LogP contribution in [0.15, 0.2) is 23.3 Å². The number of nitrogens with one attached hydrogen (secondary N) is 1. The number of carbonyl (C=O) groups is 2. The summed E-state index contributed by atoms with van der Waals surface area (Å²) in [6, 6.07) is 0.658. The van der Waals surface area contributed by atoms with E-state index in [-0.39, 0.29) is 22.8 Å². The number of aliphatic carboxylic acids is 1. The number of thiocarbonyl (C=S) groups is 1. The van der Waals surface area contributed by atoms with Gasteiger partial charge in [-0.3, -0.25) is 9.69 Å². The average Bonchev–Trinajstić information content (AvgIpc) is 3.32. The number of fused-ring (bicyclic) bond motifs is 5. The summed E-state index contributed by atoms with van der Waals surface area (Å²) < 4.78 is 0. The fourth-order valence-electron chi connectivity index (χ4n) is 10.7. The monoisotopic (exact) mass is 580 g/mol. The van der Waals surface area contributed by atoms with E-state index >= 15 is 0 Å². The number of rotatable bonds is 4. The number of amides is 1. The molecule has 4 saturated carbocycles. The molecule has 0 spiro atoms. The molecular weight excluding hydrogens is 528 g/mol. The molecule has 6 rings (SSSR count). The lowest BCUT2D eigenvalue weighted by Gasteiger charge is -2.58. The fraction of sp³-hybridized carbons (Fsp3) is 0.800. The van der Waals surface area contributed by atoms with Crippen LogP contribution in [0.4, 0.5) is 0 Å². The van der Waals surface area contributed by atoms with E-state index in [1.807, 2.05) is 6.08 Å². The normalized spacial score (nSPS) is 39.4. The van der Waals surface area contributed by atoms with Gasteiger partial charge in [0.25, 0.3) is 0 Å². The zero-order chi connectivity index (χ0) is 28.9. The van der Waals surface area contributed by atoms with Crippen LogP contribution in [0.1, 0.15) is 124 Å². The second kappa shape index (κ2) is 11.4. The van der Waals surface area contributed by atoms with Crippen molar-refractivity contribution in [2.45, 2.75) is 136 Å². The van der Waals surface area contributed by atoms with E-state index in [9.17, 15) is 14.7 Å². The molecule has 7 atom stereocenters. The molecule has 41 heavy (non-hydrogen) atoms. The number of allylic oxidation sites excluding steroid dienone is 3. The molecule has 1 amide bonds. The van der Waals surface area contributed by atoms with Gasteiger partial charge in [-0.1, -0.05) is 65.4 Å². The van der Waals surface area contributed by atoms with Gasteiger partial charge < -0.3 is 10.4 Å². The van der Waals surface area contributed by atoms with Crippen molar-refractivity contribution in [1.82, 2.24) is 10.2 Å². The topological polar surface area (TPSA) is 69.6 Å². The molecule has 4 fully saturated rings. The first-order valence-corrected chi connectivity index (χ1v) is 17.3. The summed E-state index contributed by atoms with van der Waals surface area (Å²) in [5.74, 6) is 1.56. The van der Waals surface area contributed by atoms with Crippen LogP contribution in [0, 0.1) is 40.4 Å². The highest BCUT2D eigenvalue weighted by molar-refractivity contribution is 7.80. The van der Waals surface area contributed by atoms with E-state index < -0.39 is 5.97 Å². The van der Waals surface area contributed by atoms with Crippen LogP contribution in [0.5, 0.6) is 0 Å². The Hall–Kier alpha value is -1.69. The minimum absolute atomic E-state index is 0.00723. The maximum absolute atomic E-state index is 14.7. The minimum atomic E-state index is -0.770. The zero-order valence-electron chi connectivity index (χ0n) is 25.6. The van der Waals surface area contributed by atoms with Gasteiger partial charge in [0.2, 0.25) is 5.91 Å². The van der Waals surface area contributed by atoms with Crippen LogP contribution in [-0.4, -0.2) is 39.1 Å². The number of carboxylic acid groups (broad SMARTS) is 1. The van der Waals surface area contributed by atoms with Crippen molar-refractivity contribution in [3.63, 3.8) is 0 Å². The van der Waals surface area contributed by atoms with Crippen LogP contribution >= 0.6 is 12.2 Å². The van der Waals surface area contributed by atoms with Gasteiger partial charge in [0.05, 0.1) is 0 Å². The Kier molecular flexibility index (Phi) is 8.19. The van der Waals surface area contributed by atoms with Gasteiger partial charge in [0.1, 0.15) is 0 Å². The Morgan fingerprint density at radius 2 is 1.63 bits per heavy atom. The van der Waals surface area contributed by atoms with E-state index in [1.54, 1.807) is 0 Å². The lowest BCUT2D eigenvalue weighted by Crippen LogP contribution is -2.57. The number of hydrogen-bond donors (Lipinski definition) is 2. The molecule has 0 radical (unpaired) electrons. The standard InChI is InChI=1S/C35H52N2O3S/c1-22-20-23(32(39)40)21-24-14-15-27-28-16-17-30(34(28,2)19-18-29(27)35(22,24)3)31(38)37(26-12-8-5-9-13-26)33(41)36-25-10-6-4-7-11-25/h14,21-22,25-30H,4-13,15-20H2,1-3H3,(H,36,41)(H,39,40)/t22?,27-,28-,29-,30+,34-,35-/m0/s1. The second-order valence-electron chi connectivity index (χ2n) is 15.1. The maximum atomic E-state index is 14.7. The SMILES string of the molecule is CC1CC(C(=O)O)=CC2=CC[C@H]3[C@@H]4CC[C@H](C(=O)N(C(=S)NC5CCCCC5)C5CCCCC5)[C@@]4(C)CC[C@@H]3[C@]21C. The first-order chi connectivity index (χ1) is 19.6. The van der Waals surface area contributed by atoms with Gasteiger partial charge in [-0.15, -0.1) is 0 Å². The van der Waals surface area contributed by atoms with Crippen molar-refractivity contribution >= 4 is 29.2 Å². The highest BCUT2D eigenvalue weighted by atomic mass is 32.1. The molecule has 0 aromatic rings. The first-order valence-electron chi connectivity index (χ1n) is 16.9. The van der Waals surface area contributed by atoms with E-state index in [0.29, 0.717) is 52.7 Å². The number of hydrogen-bond acceptors (Lipinski definition) is 3. The summed E-state index contributed by atoms with van der Waals surface area (Å²) in [5.41, 5.74) is 1.84. The second-order valence-corrected chi connectivity index (χ2v) is 15.5. The Morgan fingerprint density at radius 3 is 2.32 bits per heavy atom. The maximum Gasteiger partial charge on any atom is 0.331 e. The largest absolute Gasteiger partial charge is 0.478 e. The predicted molar refractivity (Wildman–Crippen MR) is 167 cm³/mol. The van der Waals surface area contributed by atoms with Crippen LogP contribution in [0.25, 0.3) is 0 Å². The van der Waals surface area contributed by atoms with Crippen LogP contribution in [0.3, 0.4) is 0 Å². The summed E-state index contributed by atoms with van der Waals surface area (Å²) in [7, 11) is 0. The number of carbonyl (C=O) groups excluding carboxylic acids is 1. The molecule has 6 heteroatoms. The van der Waals surface area contributed by atoms with Crippen LogP contribution in [-0.2, 0) is 9.59 Å². The Balaban J connectivity index is 1.25. The number of carboxylic acids is 1. The summed E-state index contributed by atoms with van der Waals surface area (Å²) >= 11 is 6.08. The summed E-state index contributed by atoms with van der Waals surface area (Å²) in [6.07, 6.45) is 22.3. The molecule has 0 heterocycles. The molecule has 6 aliphatic rings. The Bertz CT molecular complexity index is 1120. The molecule has 0 bridgehead atoms. The van der Waals surface area contributed by atoms with Gasteiger partial charge in [0.15, 0.2) is 5.11 Å². The molecule has 0 aromatic carbocycles. The van der Waals surface area contributed by atoms with E-state index in [2.05, 4.69) is 37.1 Å². The van der Waals surface area contributed by atoms with Crippen molar-refractivity contribution in [3.8, 4) is 0 Å². The van der Waals surface area contributed by atoms with Crippen molar-refractivity contribution in [2.24, 2.45) is 40.4 Å². The highest BCUT2D eigenvalue weighted by Gasteiger charge is 2.61. The molecule has 0 aromatic heterocycles. The summed E-state index contributed by atoms with van der Waals surface area (Å²) in [5, 5.41) is 14.1. The molecule has 226 valence electrons. The molecule has 2 N–H and O–H groups in total. The smallest absolute Gasteiger partial charge is 0.331 e. The molecular formula is C35H52N2O3S. The van der Waals surface area contributed by atoms with E-state index in [4.69, 9.17) is 12.2 Å². The van der Waals surface area contributed by atoms with Crippen LogP contribution < -0.4 is 5.32 Å². The number of nitrogens with zero attached hydrogens (tertiary/aromatic N) is 1. The molecule has 5 nitrogen and oxygen atoms in total. The molecule has 6 aliphatic carbocycles. The lowest BCUT2D eigenvalue weighted by atomic mass is 9.46. The molecule has 1 unspecified atom stereocenters. The Morgan fingerprint density at radius 1 is 0.951 bits per heavy atom. The van der Waals surface area contributed by atoms with Crippen molar-refractivity contribution < 1.29 is 14.7 Å².